The number of pyridine rings is 1. The molecule has 4 fully saturated rings. The number of hydrogen-bond donors (Lipinski definition) is 1. The van der Waals surface area contributed by atoms with Crippen molar-refractivity contribution in [3.05, 3.63) is 46.2 Å². The van der Waals surface area contributed by atoms with Crippen molar-refractivity contribution in [3.8, 4) is 0 Å². The van der Waals surface area contributed by atoms with Gasteiger partial charge in [-0.05, 0) is 106 Å². The molecule has 0 radical (unpaired) electrons. The first-order valence-electron chi connectivity index (χ1n) is 12.4. The van der Waals surface area contributed by atoms with Crippen LogP contribution in [-0.4, -0.2) is 34.0 Å². The fourth-order valence-corrected chi connectivity index (χ4v) is 7.65. The quantitative estimate of drug-likeness (QED) is 0.504. The van der Waals surface area contributed by atoms with Crippen LogP contribution in [0.3, 0.4) is 0 Å². The molecular formula is C26H36N4OS. The van der Waals surface area contributed by atoms with Crippen molar-refractivity contribution in [3.63, 3.8) is 0 Å². The van der Waals surface area contributed by atoms with Gasteiger partial charge in [-0.15, -0.1) is 11.3 Å². The summed E-state index contributed by atoms with van der Waals surface area (Å²) in [6.45, 7) is 4.20. The van der Waals surface area contributed by atoms with Gasteiger partial charge in [-0.2, -0.15) is 0 Å². The molecule has 0 spiro atoms. The second-order valence-electron chi connectivity index (χ2n) is 10.6. The molecule has 0 atom stereocenters. The summed E-state index contributed by atoms with van der Waals surface area (Å²) in [5.74, 6) is 2.87. The van der Waals surface area contributed by atoms with Gasteiger partial charge in [-0.1, -0.05) is 0 Å². The van der Waals surface area contributed by atoms with E-state index in [1.807, 2.05) is 36.4 Å². The minimum atomic E-state index is 0.0649. The lowest BCUT2D eigenvalue weighted by atomic mass is 9.49. The van der Waals surface area contributed by atoms with Crippen LogP contribution in [-0.2, 0) is 13.0 Å². The van der Waals surface area contributed by atoms with E-state index in [1.165, 1.54) is 44.1 Å². The van der Waals surface area contributed by atoms with Gasteiger partial charge in [0.05, 0.1) is 17.2 Å². The van der Waals surface area contributed by atoms with Crippen LogP contribution in [0.4, 0.5) is 4.79 Å². The van der Waals surface area contributed by atoms with Crippen molar-refractivity contribution in [1.29, 1.82) is 0 Å². The molecule has 4 saturated carbocycles. The highest BCUT2D eigenvalue weighted by Gasteiger charge is 2.50. The fourth-order valence-electron chi connectivity index (χ4n) is 7.05. The van der Waals surface area contributed by atoms with Crippen LogP contribution in [0.1, 0.15) is 67.6 Å². The number of carbonyl (C=O) groups is 1. The maximum absolute atomic E-state index is 13.2. The van der Waals surface area contributed by atoms with Gasteiger partial charge in [0.15, 0.2) is 0 Å². The molecule has 2 heterocycles. The molecule has 6 rings (SSSR count). The highest BCUT2D eigenvalue weighted by atomic mass is 32.1. The van der Waals surface area contributed by atoms with Gasteiger partial charge in [-0.3, -0.25) is 4.98 Å². The van der Waals surface area contributed by atoms with Gasteiger partial charge in [-0.25, -0.2) is 9.78 Å². The first-order chi connectivity index (χ1) is 15.6. The number of hydrogen-bond acceptors (Lipinski definition) is 4. The van der Waals surface area contributed by atoms with Crippen molar-refractivity contribution in [2.24, 2.45) is 23.2 Å². The van der Waals surface area contributed by atoms with Crippen LogP contribution in [0.2, 0.25) is 0 Å². The Kier molecular flexibility index (Phi) is 6.49. The lowest BCUT2D eigenvalue weighted by Gasteiger charge is -2.57. The largest absolute Gasteiger partial charge is 0.338 e. The predicted molar refractivity (Wildman–Crippen MR) is 128 cm³/mol. The number of nitrogens with zero attached hydrogens (tertiary/aromatic N) is 3. The van der Waals surface area contributed by atoms with E-state index < -0.39 is 0 Å². The second kappa shape index (κ2) is 9.50. The third-order valence-corrected chi connectivity index (χ3v) is 8.87. The average molecular weight is 453 g/mol. The molecule has 5 nitrogen and oxygen atoms in total. The third kappa shape index (κ3) is 5.16. The number of aryl methyl sites for hydroxylation is 2. The minimum absolute atomic E-state index is 0.0649. The maximum atomic E-state index is 13.2. The molecule has 0 aliphatic heterocycles. The summed E-state index contributed by atoms with van der Waals surface area (Å²) in [6, 6.07) is 4.16. The predicted octanol–water partition coefficient (Wildman–Crippen LogP) is 5.60. The van der Waals surface area contributed by atoms with Crippen LogP contribution in [0.15, 0.2) is 29.9 Å². The van der Waals surface area contributed by atoms with E-state index in [0.29, 0.717) is 18.5 Å². The van der Waals surface area contributed by atoms with E-state index in [1.54, 1.807) is 11.3 Å². The molecule has 0 unspecified atom stereocenters. The van der Waals surface area contributed by atoms with Crippen molar-refractivity contribution >= 4 is 17.4 Å². The third-order valence-electron chi connectivity index (χ3n) is 8.05. The van der Waals surface area contributed by atoms with Gasteiger partial charge >= 0.3 is 6.03 Å². The van der Waals surface area contributed by atoms with E-state index in [9.17, 15) is 4.79 Å². The molecule has 4 aliphatic carbocycles. The lowest BCUT2D eigenvalue weighted by Crippen LogP contribution is -2.48. The molecule has 2 amide bonds. The van der Waals surface area contributed by atoms with Crippen LogP contribution in [0, 0.1) is 30.1 Å². The van der Waals surface area contributed by atoms with Crippen molar-refractivity contribution < 1.29 is 4.79 Å². The van der Waals surface area contributed by atoms with Crippen molar-refractivity contribution in [2.45, 2.75) is 71.3 Å². The van der Waals surface area contributed by atoms with Crippen LogP contribution in [0.5, 0.6) is 0 Å². The molecule has 172 valence electrons. The molecular weight excluding hydrogens is 416 g/mol. The molecule has 0 saturated heterocycles. The summed E-state index contributed by atoms with van der Waals surface area (Å²) >= 11 is 1.67. The summed E-state index contributed by atoms with van der Waals surface area (Å²) in [5, 5.41) is 6.35. The number of rotatable bonds is 9. The Hall–Kier alpha value is -1.95. The first kappa shape index (κ1) is 21.9. The zero-order valence-corrected chi connectivity index (χ0v) is 20.1. The van der Waals surface area contributed by atoms with E-state index in [2.05, 4.69) is 20.7 Å². The summed E-state index contributed by atoms with van der Waals surface area (Å²) in [5.41, 5.74) is 2.78. The molecule has 1 N–H and O–H groups in total. The number of urea groups is 1. The first-order valence-corrected chi connectivity index (χ1v) is 13.3. The monoisotopic (exact) mass is 452 g/mol. The van der Waals surface area contributed by atoms with Crippen molar-refractivity contribution in [1.82, 2.24) is 20.2 Å². The van der Waals surface area contributed by atoms with E-state index >= 15 is 0 Å². The normalized spacial score (nSPS) is 28.1. The number of thiazole rings is 1. The topological polar surface area (TPSA) is 58.1 Å². The molecule has 4 aliphatic rings. The summed E-state index contributed by atoms with van der Waals surface area (Å²) in [7, 11) is 0. The zero-order valence-electron chi connectivity index (χ0n) is 19.3. The molecule has 6 heteroatoms. The van der Waals surface area contributed by atoms with E-state index in [-0.39, 0.29) is 6.03 Å². The highest BCUT2D eigenvalue weighted by Crippen LogP contribution is 2.61. The van der Waals surface area contributed by atoms with Crippen LogP contribution < -0.4 is 5.32 Å². The Labute approximate surface area is 196 Å². The number of aromatic nitrogens is 2. The Morgan fingerprint density at radius 3 is 2.47 bits per heavy atom. The summed E-state index contributed by atoms with van der Waals surface area (Å²) in [4.78, 5) is 23.9. The minimum Gasteiger partial charge on any atom is -0.338 e. The fraction of sp³-hybridized carbons (Fsp3) is 0.654. The standard InChI is InChI=1S/C26H36N4OS/c1-19-29-24(18-32-19)17-30(25(31)28-7-2-3-20-4-8-27-9-5-20)10-6-26-14-21-11-22(15-26)13-23(12-21)16-26/h4-5,8-9,18,21-23H,2-3,6-7,10-17H2,1H3,(H,28,31). The Bertz CT molecular complexity index is 876. The van der Waals surface area contributed by atoms with E-state index in [0.717, 1.165) is 54.3 Å². The number of nitrogens with one attached hydrogen (secondary N) is 1. The Balaban J connectivity index is 1.18. The summed E-state index contributed by atoms with van der Waals surface area (Å²) < 4.78 is 0. The van der Waals surface area contributed by atoms with Gasteiger partial charge in [0.25, 0.3) is 0 Å². The maximum Gasteiger partial charge on any atom is 0.317 e. The van der Waals surface area contributed by atoms with Gasteiger partial charge in [0, 0.05) is 30.9 Å². The molecule has 0 aromatic carbocycles. The Morgan fingerprint density at radius 1 is 1.16 bits per heavy atom. The molecule has 4 bridgehead atoms. The summed E-state index contributed by atoms with van der Waals surface area (Å²) in [6.07, 6.45) is 15.3. The smallest absolute Gasteiger partial charge is 0.317 e. The zero-order chi connectivity index (χ0) is 22.0. The molecule has 2 aromatic rings. The SMILES string of the molecule is Cc1nc(CN(CCC23CC4CC(CC(C4)C2)C3)C(=O)NCCCc2ccncc2)cs1. The lowest BCUT2D eigenvalue weighted by molar-refractivity contribution is -0.0598. The van der Waals surface area contributed by atoms with Crippen molar-refractivity contribution in [2.75, 3.05) is 13.1 Å². The van der Waals surface area contributed by atoms with Gasteiger partial charge in [0.1, 0.15) is 0 Å². The number of carbonyl (C=O) groups excluding carboxylic acids is 1. The molecule has 32 heavy (non-hydrogen) atoms. The van der Waals surface area contributed by atoms with Crippen LogP contribution in [0.25, 0.3) is 0 Å². The van der Waals surface area contributed by atoms with Gasteiger partial charge in [0.2, 0.25) is 0 Å². The van der Waals surface area contributed by atoms with Gasteiger partial charge < -0.3 is 10.2 Å². The second-order valence-corrected chi connectivity index (χ2v) is 11.7. The Morgan fingerprint density at radius 2 is 1.84 bits per heavy atom. The molecule has 2 aromatic heterocycles. The van der Waals surface area contributed by atoms with Crippen LogP contribution >= 0.6 is 11.3 Å². The average Bonchev–Trinajstić information content (AvgIpc) is 3.18. The van der Waals surface area contributed by atoms with E-state index in [4.69, 9.17) is 0 Å². The number of amides is 2. The highest BCUT2D eigenvalue weighted by molar-refractivity contribution is 7.09.